The van der Waals surface area contributed by atoms with Gasteiger partial charge >= 0.3 is 11.9 Å². The Hall–Kier alpha value is -3.11. The number of aromatic nitrogens is 2. The number of ether oxygens (including phenoxy) is 1. The molecule has 1 atom stereocenters. The number of aliphatic hydroxyl groups excluding tert-OH is 1. The normalized spacial score (nSPS) is 11.5. The summed E-state index contributed by atoms with van der Waals surface area (Å²) in [5.74, 6) is -2.49. The maximum absolute atomic E-state index is 13.8. The van der Waals surface area contributed by atoms with Gasteiger partial charge in [0.2, 0.25) is 5.78 Å². The summed E-state index contributed by atoms with van der Waals surface area (Å²) < 4.78 is 20.4. The molecule has 1 unspecified atom stereocenters. The van der Waals surface area contributed by atoms with Crippen molar-refractivity contribution in [3.05, 3.63) is 51.9 Å². The molecule has 3 aromatic rings. The Morgan fingerprint density at radius 2 is 1.97 bits per heavy atom. The maximum atomic E-state index is 13.8. The lowest BCUT2D eigenvalue weighted by atomic mass is 10.1. The molecule has 0 saturated heterocycles. The number of carbonyl (C=O) groups is 3. The number of aliphatic hydroxyl groups is 1. The summed E-state index contributed by atoms with van der Waals surface area (Å²) in [5, 5.41) is 20.8. The summed E-state index contributed by atoms with van der Waals surface area (Å²) in [6.45, 7) is 5.55. The molecular weight excluding hydrogens is 451 g/mol. The zero-order chi connectivity index (χ0) is 24.5. The van der Waals surface area contributed by atoms with Gasteiger partial charge in [-0.1, -0.05) is 20.8 Å². The van der Waals surface area contributed by atoms with Crippen molar-refractivity contribution in [3.8, 4) is 0 Å². The smallest absolute Gasteiger partial charge is 0.307 e. The van der Waals surface area contributed by atoms with Crippen molar-refractivity contribution in [3.63, 3.8) is 0 Å². The van der Waals surface area contributed by atoms with Crippen molar-refractivity contribution in [1.82, 2.24) is 9.55 Å². The Morgan fingerprint density at radius 1 is 1.24 bits per heavy atom. The Kier molecular flexibility index (Phi) is 9.68. The average molecular weight is 479 g/mol. The number of esters is 1. The monoisotopic (exact) mass is 478 g/mol. The molecule has 2 N–H and O–H groups in total. The molecule has 0 fully saturated rings. The van der Waals surface area contributed by atoms with Crippen molar-refractivity contribution in [2.45, 2.75) is 59.3 Å². The molecule has 3 rings (SSSR count). The second kappa shape index (κ2) is 12.2. The lowest BCUT2D eigenvalue weighted by Crippen LogP contribution is -2.09. The van der Waals surface area contributed by atoms with E-state index in [9.17, 15) is 23.9 Å². The van der Waals surface area contributed by atoms with Gasteiger partial charge < -0.3 is 19.5 Å². The highest BCUT2D eigenvalue weighted by molar-refractivity contribution is 7.12. The second-order valence-corrected chi connectivity index (χ2v) is 7.76. The van der Waals surface area contributed by atoms with Crippen LogP contribution in [0.15, 0.2) is 29.8 Å². The highest BCUT2D eigenvalue weighted by Crippen LogP contribution is 2.27. The van der Waals surface area contributed by atoms with E-state index in [1.807, 2.05) is 13.8 Å². The first kappa shape index (κ1) is 26.1. The van der Waals surface area contributed by atoms with E-state index in [2.05, 4.69) is 4.98 Å². The van der Waals surface area contributed by atoms with E-state index in [-0.39, 0.29) is 42.3 Å². The van der Waals surface area contributed by atoms with E-state index >= 15 is 0 Å². The Labute approximate surface area is 194 Å². The van der Waals surface area contributed by atoms with Crippen LogP contribution in [0.3, 0.4) is 0 Å². The standard InChI is InChI=1S/C21H21FN2O6S.C2H6/c1-2-17(25)15-10-31-21(23-15)20(29)14-9-24(16-8-12(22)6-7-13(14)16)11-30-19(28)5-3-4-18(26)27;1-2/h6-10,17,25H,2-5,11H2,1H3,(H,26,27);1-2H3. The molecule has 10 heteroatoms. The molecule has 1 aromatic carbocycles. The molecule has 0 aliphatic heterocycles. The summed E-state index contributed by atoms with van der Waals surface area (Å²) in [7, 11) is 0. The van der Waals surface area contributed by atoms with Crippen LogP contribution in [-0.4, -0.2) is 37.5 Å². The highest BCUT2D eigenvalue weighted by Gasteiger charge is 2.21. The molecule has 0 amide bonds. The summed E-state index contributed by atoms with van der Waals surface area (Å²) >= 11 is 1.11. The van der Waals surface area contributed by atoms with Gasteiger partial charge in [-0.2, -0.15) is 0 Å². The summed E-state index contributed by atoms with van der Waals surface area (Å²) in [5.41, 5.74) is 1.05. The van der Waals surface area contributed by atoms with E-state index in [4.69, 9.17) is 9.84 Å². The number of carbonyl (C=O) groups excluding carboxylic acids is 2. The average Bonchev–Trinajstić information content (AvgIpc) is 3.43. The van der Waals surface area contributed by atoms with Crippen molar-refractivity contribution >= 4 is 40.0 Å². The third-order valence-corrected chi connectivity index (χ3v) is 5.53. The van der Waals surface area contributed by atoms with Crippen LogP contribution in [0.25, 0.3) is 10.9 Å². The SMILES string of the molecule is CC.CCC(O)c1csc(C(=O)c2cn(COC(=O)CCCC(=O)O)c3cc(F)ccc23)n1. The molecule has 33 heavy (non-hydrogen) atoms. The molecule has 0 saturated carbocycles. The van der Waals surface area contributed by atoms with E-state index in [0.29, 0.717) is 23.0 Å². The molecule has 0 radical (unpaired) electrons. The molecule has 178 valence electrons. The first-order valence-electron chi connectivity index (χ1n) is 10.6. The number of thiazole rings is 1. The fraction of sp³-hybridized carbons (Fsp3) is 0.391. The third-order valence-electron chi connectivity index (χ3n) is 4.67. The summed E-state index contributed by atoms with van der Waals surface area (Å²) in [4.78, 5) is 39.6. The van der Waals surface area contributed by atoms with Gasteiger partial charge in [0.1, 0.15) is 5.82 Å². The number of fused-ring (bicyclic) bond motifs is 1. The number of aliphatic carboxylic acids is 1. The Bertz CT molecular complexity index is 1120. The second-order valence-electron chi connectivity index (χ2n) is 6.90. The zero-order valence-electron chi connectivity index (χ0n) is 18.7. The molecule has 0 aliphatic carbocycles. The van der Waals surface area contributed by atoms with Gasteiger partial charge in [-0.3, -0.25) is 14.4 Å². The van der Waals surface area contributed by atoms with Crippen molar-refractivity contribution < 1.29 is 33.7 Å². The van der Waals surface area contributed by atoms with E-state index in [1.54, 1.807) is 12.3 Å². The molecule has 2 heterocycles. The molecule has 0 spiro atoms. The molecular formula is C23H27FN2O6S. The summed E-state index contributed by atoms with van der Waals surface area (Å²) in [6, 6.07) is 3.94. The van der Waals surface area contributed by atoms with E-state index in [0.717, 1.165) is 11.3 Å². The van der Waals surface area contributed by atoms with Crippen LogP contribution in [0.2, 0.25) is 0 Å². The third kappa shape index (κ3) is 6.69. The van der Waals surface area contributed by atoms with Crippen LogP contribution in [0.4, 0.5) is 4.39 Å². The van der Waals surface area contributed by atoms with Crippen LogP contribution in [0.1, 0.15) is 73.6 Å². The maximum Gasteiger partial charge on any atom is 0.307 e. The number of benzene rings is 1. The van der Waals surface area contributed by atoms with Crippen LogP contribution in [-0.2, 0) is 21.1 Å². The number of nitrogens with zero attached hydrogens (tertiary/aromatic N) is 2. The number of rotatable bonds is 10. The molecule has 0 bridgehead atoms. The number of halogens is 1. The Balaban J connectivity index is 0.00000187. The lowest BCUT2D eigenvalue weighted by molar-refractivity contribution is -0.147. The largest absolute Gasteiger partial charge is 0.481 e. The summed E-state index contributed by atoms with van der Waals surface area (Å²) in [6.07, 6.45) is 1.12. The topological polar surface area (TPSA) is 119 Å². The fourth-order valence-corrected chi connectivity index (χ4v) is 3.84. The van der Waals surface area contributed by atoms with Crippen LogP contribution in [0.5, 0.6) is 0 Å². The molecule has 0 aliphatic rings. The minimum absolute atomic E-state index is 0.0622. The number of carboxylic acids is 1. The number of carboxylic acid groups (broad SMARTS) is 1. The first-order chi connectivity index (χ1) is 15.8. The highest BCUT2D eigenvalue weighted by atomic mass is 32.1. The van der Waals surface area contributed by atoms with Crippen LogP contribution < -0.4 is 0 Å². The zero-order valence-corrected chi connectivity index (χ0v) is 19.5. The van der Waals surface area contributed by atoms with Crippen LogP contribution >= 0.6 is 11.3 Å². The van der Waals surface area contributed by atoms with Gasteiger partial charge in [0, 0.05) is 29.8 Å². The van der Waals surface area contributed by atoms with E-state index < -0.39 is 23.9 Å². The predicted molar refractivity (Wildman–Crippen MR) is 122 cm³/mol. The van der Waals surface area contributed by atoms with Crippen molar-refractivity contribution in [2.75, 3.05) is 0 Å². The van der Waals surface area contributed by atoms with Gasteiger partial charge in [-0.05, 0) is 31.0 Å². The Morgan fingerprint density at radius 3 is 2.64 bits per heavy atom. The number of hydrogen-bond donors (Lipinski definition) is 2. The quantitative estimate of drug-likeness (QED) is 0.320. The minimum Gasteiger partial charge on any atom is -0.481 e. The first-order valence-corrected chi connectivity index (χ1v) is 11.5. The number of hydrogen-bond acceptors (Lipinski definition) is 7. The fourth-order valence-electron chi connectivity index (χ4n) is 3.02. The molecule has 2 aromatic heterocycles. The van der Waals surface area contributed by atoms with Crippen LogP contribution in [0, 0.1) is 5.82 Å². The van der Waals surface area contributed by atoms with Gasteiger partial charge in [-0.25, -0.2) is 9.37 Å². The van der Waals surface area contributed by atoms with Crippen molar-refractivity contribution in [1.29, 1.82) is 0 Å². The van der Waals surface area contributed by atoms with Crippen molar-refractivity contribution in [2.24, 2.45) is 0 Å². The van der Waals surface area contributed by atoms with Gasteiger partial charge in [-0.15, -0.1) is 11.3 Å². The van der Waals surface area contributed by atoms with Gasteiger partial charge in [0.15, 0.2) is 11.7 Å². The van der Waals surface area contributed by atoms with E-state index in [1.165, 1.54) is 29.0 Å². The lowest BCUT2D eigenvalue weighted by Gasteiger charge is -2.07. The van der Waals surface area contributed by atoms with Gasteiger partial charge in [0.25, 0.3) is 0 Å². The van der Waals surface area contributed by atoms with Gasteiger partial charge in [0.05, 0.1) is 22.9 Å². The molecule has 8 nitrogen and oxygen atoms in total. The minimum atomic E-state index is -1.00. The number of ketones is 1. The predicted octanol–water partition coefficient (Wildman–Crippen LogP) is 4.69.